The fourth-order valence-corrected chi connectivity index (χ4v) is 3.61. The lowest BCUT2D eigenvalue weighted by Crippen LogP contribution is -2.33. The second-order valence-electron chi connectivity index (χ2n) is 8.79. The summed E-state index contributed by atoms with van der Waals surface area (Å²) in [6.45, 7) is 11.6. The highest BCUT2D eigenvalue weighted by atomic mass is 16.3. The summed E-state index contributed by atoms with van der Waals surface area (Å²) < 4.78 is 0. The normalized spacial score (nSPS) is 15.4. The van der Waals surface area contributed by atoms with Crippen molar-refractivity contribution in [2.24, 2.45) is 5.92 Å². The van der Waals surface area contributed by atoms with Gasteiger partial charge in [-0.2, -0.15) is 4.98 Å². The first-order valence-electron chi connectivity index (χ1n) is 10.6. The molecule has 1 aliphatic rings. The molecule has 0 amide bonds. The molecule has 2 aromatic rings. The molecule has 1 atom stereocenters. The number of rotatable bonds is 7. The molecule has 0 radical (unpaired) electrons. The van der Waals surface area contributed by atoms with Crippen LogP contribution in [-0.2, 0) is 25.0 Å². The van der Waals surface area contributed by atoms with Crippen molar-refractivity contribution in [3.8, 4) is 0 Å². The average molecular weight is 399 g/mol. The summed E-state index contributed by atoms with van der Waals surface area (Å²) in [7, 11) is 0. The number of benzene rings is 1. The molecule has 0 unspecified atom stereocenters. The number of aliphatic hydroxyl groups is 2. The number of hydrogen-bond donors (Lipinski definition) is 3. The second-order valence-corrected chi connectivity index (χ2v) is 8.79. The van der Waals surface area contributed by atoms with Crippen LogP contribution in [0.2, 0.25) is 0 Å². The van der Waals surface area contributed by atoms with Gasteiger partial charge >= 0.3 is 0 Å². The maximum atomic E-state index is 10.3. The van der Waals surface area contributed by atoms with Crippen LogP contribution in [-0.4, -0.2) is 39.4 Å². The van der Waals surface area contributed by atoms with Gasteiger partial charge in [0.05, 0.1) is 18.2 Å². The third-order valence-electron chi connectivity index (χ3n) is 5.69. The summed E-state index contributed by atoms with van der Waals surface area (Å²) in [5, 5.41) is 23.2. The number of hydrogen-bond acceptors (Lipinski definition) is 6. The topological polar surface area (TPSA) is 81.5 Å². The molecule has 1 aromatic carbocycles. The molecule has 0 fully saturated rings. The SMILES string of the molecule is CCc1cc(N2CCc3cc(C(C)(C)O)ccc3C2)nc(N[C@H](CO)C(C)C)n1. The van der Waals surface area contributed by atoms with Gasteiger partial charge in [0.25, 0.3) is 0 Å². The van der Waals surface area contributed by atoms with Gasteiger partial charge in [0, 0.05) is 24.8 Å². The largest absolute Gasteiger partial charge is 0.394 e. The molecule has 0 saturated carbocycles. The third-order valence-corrected chi connectivity index (χ3v) is 5.69. The number of anilines is 2. The van der Waals surface area contributed by atoms with E-state index in [1.807, 2.05) is 19.9 Å². The molecule has 2 heterocycles. The molecule has 3 N–H and O–H groups in total. The molecule has 0 spiro atoms. The van der Waals surface area contributed by atoms with Crippen molar-refractivity contribution in [2.75, 3.05) is 23.4 Å². The second kappa shape index (κ2) is 8.67. The summed E-state index contributed by atoms with van der Waals surface area (Å²) >= 11 is 0. The number of fused-ring (bicyclic) bond motifs is 1. The van der Waals surface area contributed by atoms with Crippen molar-refractivity contribution in [1.82, 2.24) is 9.97 Å². The Bertz CT molecular complexity index is 845. The van der Waals surface area contributed by atoms with Gasteiger partial charge in [0.1, 0.15) is 5.82 Å². The molecule has 29 heavy (non-hydrogen) atoms. The van der Waals surface area contributed by atoms with E-state index in [1.165, 1.54) is 11.1 Å². The van der Waals surface area contributed by atoms with Crippen LogP contribution in [0.5, 0.6) is 0 Å². The van der Waals surface area contributed by atoms with E-state index >= 15 is 0 Å². The van der Waals surface area contributed by atoms with E-state index in [0.29, 0.717) is 5.95 Å². The Balaban J connectivity index is 1.85. The highest BCUT2D eigenvalue weighted by Crippen LogP contribution is 2.28. The molecule has 1 aromatic heterocycles. The van der Waals surface area contributed by atoms with Gasteiger partial charge in [-0.25, -0.2) is 4.98 Å². The standard InChI is InChI=1S/C23H34N4O2/c1-6-19-12-21(26-22(24-19)25-20(14-28)15(2)3)27-10-9-16-11-18(23(4,5)29)8-7-17(16)13-27/h7-8,11-12,15,20,28-29H,6,9-10,13-14H2,1-5H3,(H,24,25,26)/t20-/m1/s1. The summed E-state index contributed by atoms with van der Waals surface area (Å²) in [5.74, 6) is 1.77. The molecule has 0 bridgehead atoms. The first-order valence-corrected chi connectivity index (χ1v) is 10.6. The fourth-order valence-electron chi connectivity index (χ4n) is 3.61. The van der Waals surface area contributed by atoms with Crippen molar-refractivity contribution in [2.45, 2.75) is 65.6 Å². The van der Waals surface area contributed by atoms with E-state index < -0.39 is 5.60 Å². The van der Waals surface area contributed by atoms with Crippen molar-refractivity contribution >= 4 is 11.8 Å². The Morgan fingerprint density at radius 2 is 1.93 bits per heavy atom. The van der Waals surface area contributed by atoms with E-state index in [1.54, 1.807) is 0 Å². The zero-order valence-corrected chi connectivity index (χ0v) is 18.2. The number of nitrogens with one attached hydrogen (secondary N) is 1. The maximum absolute atomic E-state index is 10.3. The summed E-state index contributed by atoms with van der Waals surface area (Å²) in [4.78, 5) is 11.6. The molecule has 6 nitrogen and oxygen atoms in total. The molecule has 3 rings (SSSR count). The Labute approximate surface area is 174 Å². The van der Waals surface area contributed by atoms with Crippen LogP contribution in [0.4, 0.5) is 11.8 Å². The minimum absolute atomic E-state index is 0.0489. The van der Waals surface area contributed by atoms with Crippen LogP contribution in [0.3, 0.4) is 0 Å². The minimum Gasteiger partial charge on any atom is -0.394 e. The van der Waals surface area contributed by atoms with Gasteiger partial charge < -0.3 is 20.4 Å². The van der Waals surface area contributed by atoms with Gasteiger partial charge in [-0.1, -0.05) is 39.0 Å². The lowest BCUT2D eigenvalue weighted by atomic mass is 9.91. The van der Waals surface area contributed by atoms with Crippen molar-refractivity contribution in [1.29, 1.82) is 0 Å². The van der Waals surface area contributed by atoms with Crippen LogP contribution in [0.15, 0.2) is 24.3 Å². The summed E-state index contributed by atoms with van der Waals surface area (Å²) in [6.07, 6.45) is 1.74. The molecule has 158 valence electrons. The number of aliphatic hydroxyl groups excluding tert-OH is 1. The Morgan fingerprint density at radius 3 is 2.55 bits per heavy atom. The van der Waals surface area contributed by atoms with Crippen LogP contribution in [0.25, 0.3) is 0 Å². The maximum Gasteiger partial charge on any atom is 0.225 e. The molecular formula is C23H34N4O2. The number of aromatic nitrogens is 2. The number of nitrogens with zero attached hydrogens (tertiary/aromatic N) is 3. The van der Waals surface area contributed by atoms with Crippen molar-refractivity contribution < 1.29 is 10.2 Å². The predicted octanol–water partition coefficient (Wildman–Crippen LogP) is 3.26. The molecule has 6 heteroatoms. The van der Waals surface area contributed by atoms with E-state index in [4.69, 9.17) is 4.98 Å². The Morgan fingerprint density at radius 1 is 1.17 bits per heavy atom. The fraction of sp³-hybridized carbons (Fsp3) is 0.565. The molecule has 0 saturated heterocycles. The summed E-state index contributed by atoms with van der Waals surface area (Å²) in [6, 6.07) is 8.26. The quantitative estimate of drug-likeness (QED) is 0.664. The van der Waals surface area contributed by atoms with E-state index in [-0.39, 0.29) is 18.6 Å². The van der Waals surface area contributed by atoms with Gasteiger partial charge in [0.15, 0.2) is 0 Å². The van der Waals surface area contributed by atoms with Crippen LogP contribution in [0, 0.1) is 5.92 Å². The van der Waals surface area contributed by atoms with Crippen LogP contribution in [0.1, 0.15) is 57.0 Å². The van der Waals surface area contributed by atoms with Gasteiger partial charge in [0.2, 0.25) is 5.95 Å². The monoisotopic (exact) mass is 398 g/mol. The molecule has 0 aliphatic carbocycles. The first kappa shape index (κ1) is 21.5. The average Bonchev–Trinajstić information content (AvgIpc) is 2.70. The Kier molecular flexibility index (Phi) is 6.44. The zero-order valence-electron chi connectivity index (χ0n) is 18.2. The van der Waals surface area contributed by atoms with Crippen LogP contribution >= 0.6 is 0 Å². The molecule has 1 aliphatic heterocycles. The predicted molar refractivity (Wildman–Crippen MR) is 117 cm³/mol. The molecular weight excluding hydrogens is 364 g/mol. The van der Waals surface area contributed by atoms with Gasteiger partial charge in [-0.3, -0.25) is 0 Å². The lowest BCUT2D eigenvalue weighted by molar-refractivity contribution is 0.0785. The Hall–Kier alpha value is -2.18. The highest BCUT2D eigenvalue weighted by Gasteiger charge is 2.23. The van der Waals surface area contributed by atoms with E-state index in [9.17, 15) is 10.2 Å². The lowest BCUT2D eigenvalue weighted by Gasteiger charge is -2.31. The van der Waals surface area contributed by atoms with Crippen molar-refractivity contribution in [3.63, 3.8) is 0 Å². The minimum atomic E-state index is -0.824. The third kappa shape index (κ3) is 5.06. The number of aryl methyl sites for hydroxylation is 1. The van der Waals surface area contributed by atoms with Crippen molar-refractivity contribution in [3.05, 3.63) is 46.6 Å². The zero-order chi connectivity index (χ0) is 21.2. The van der Waals surface area contributed by atoms with E-state index in [2.05, 4.69) is 54.2 Å². The van der Waals surface area contributed by atoms with Gasteiger partial charge in [-0.05, 0) is 49.3 Å². The highest BCUT2D eigenvalue weighted by molar-refractivity contribution is 5.49. The van der Waals surface area contributed by atoms with E-state index in [0.717, 1.165) is 43.0 Å². The summed E-state index contributed by atoms with van der Waals surface area (Å²) in [5.41, 5.74) is 3.68. The van der Waals surface area contributed by atoms with Crippen LogP contribution < -0.4 is 10.2 Å². The smallest absolute Gasteiger partial charge is 0.225 e. The first-order chi connectivity index (χ1) is 13.7. The van der Waals surface area contributed by atoms with Gasteiger partial charge in [-0.15, -0.1) is 0 Å².